The summed E-state index contributed by atoms with van der Waals surface area (Å²) in [6.07, 6.45) is -0.696. The Hall–Kier alpha value is -2.68. The van der Waals surface area contributed by atoms with Crippen LogP contribution in [0.5, 0.6) is 0 Å². The van der Waals surface area contributed by atoms with Crippen molar-refractivity contribution in [3.63, 3.8) is 0 Å². The van der Waals surface area contributed by atoms with Gasteiger partial charge in [-0.15, -0.1) is 0 Å². The van der Waals surface area contributed by atoms with Crippen molar-refractivity contribution in [1.29, 1.82) is 0 Å². The Bertz CT molecular complexity index is 760. The maximum Gasteiger partial charge on any atom is 0.204 e. The van der Waals surface area contributed by atoms with Gasteiger partial charge in [0.25, 0.3) is 0 Å². The minimum Gasteiger partial charge on any atom is -0.485 e. The molecule has 0 amide bonds. The maximum absolute atomic E-state index is 12.9. The predicted molar refractivity (Wildman–Crippen MR) is 88.2 cm³/mol. The summed E-state index contributed by atoms with van der Waals surface area (Å²) in [4.78, 5) is 25.0. The molecular weight excluding hydrogens is 288 g/mol. The van der Waals surface area contributed by atoms with E-state index < -0.39 is 6.10 Å². The van der Waals surface area contributed by atoms with E-state index in [1.807, 2.05) is 48.5 Å². The standard InChI is InChI=1S/C20H18O3/c1-13(21)17-14(2)23-20(18(17)15-9-5-3-6-10-15)19(22)16-11-7-4-8-12-16/h3-12,18,20H,1-2H3/t18-,20-/m1/s1. The highest BCUT2D eigenvalue weighted by molar-refractivity contribution is 6.04. The van der Waals surface area contributed by atoms with Gasteiger partial charge in [0.15, 0.2) is 11.9 Å². The first-order valence-electron chi connectivity index (χ1n) is 7.62. The van der Waals surface area contributed by atoms with Crippen LogP contribution in [0.3, 0.4) is 0 Å². The van der Waals surface area contributed by atoms with Crippen molar-refractivity contribution in [2.24, 2.45) is 0 Å². The van der Waals surface area contributed by atoms with Crippen molar-refractivity contribution in [2.75, 3.05) is 0 Å². The summed E-state index contributed by atoms with van der Waals surface area (Å²) in [5.74, 6) is 0.0248. The lowest BCUT2D eigenvalue weighted by molar-refractivity contribution is -0.113. The molecule has 0 saturated carbocycles. The number of ketones is 2. The molecule has 3 nitrogen and oxygen atoms in total. The van der Waals surface area contributed by atoms with Crippen LogP contribution >= 0.6 is 0 Å². The van der Waals surface area contributed by atoms with Gasteiger partial charge in [-0.25, -0.2) is 0 Å². The third-order valence-electron chi connectivity index (χ3n) is 4.15. The Labute approximate surface area is 135 Å². The average molecular weight is 306 g/mol. The van der Waals surface area contributed by atoms with E-state index in [4.69, 9.17) is 4.74 Å². The molecule has 0 unspecified atom stereocenters. The minimum absolute atomic E-state index is 0.0558. The second kappa shape index (κ2) is 6.21. The molecule has 0 saturated heterocycles. The van der Waals surface area contributed by atoms with Gasteiger partial charge in [-0.1, -0.05) is 60.7 Å². The van der Waals surface area contributed by atoms with E-state index in [0.717, 1.165) is 5.56 Å². The summed E-state index contributed by atoms with van der Waals surface area (Å²) in [5, 5.41) is 0. The minimum atomic E-state index is -0.696. The van der Waals surface area contributed by atoms with E-state index in [1.165, 1.54) is 6.92 Å². The lowest BCUT2D eigenvalue weighted by Gasteiger charge is -2.20. The molecule has 0 bridgehead atoms. The van der Waals surface area contributed by atoms with E-state index >= 15 is 0 Å². The predicted octanol–water partition coefficient (Wildman–Crippen LogP) is 3.91. The fourth-order valence-electron chi connectivity index (χ4n) is 3.13. The molecule has 2 aromatic carbocycles. The number of Topliss-reactive ketones (excluding diaryl/α,β-unsaturated/α-hetero) is 2. The number of allylic oxidation sites excluding steroid dienone is 1. The zero-order chi connectivity index (χ0) is 16.4. The summed E-state index contributed by atoms with van der Waals surface area (Å²) >= 11 is 0. The highest BCUT2D eigenvalue weighted by atomic mass is 16.5. The van der Waals surface area contributed by atoms with E-state index in [-0.39, 0.29) is 17.5 Å². The van der Waals surface area contributed by atoms with Crippen LogP contribution in [-0.2, 0) is 9.53 Å². The Morgan fingerprint density at radius 2 is 1.48 bits per heavy atom. The lowest BCUT2D eigenvalue weighted by atomic mass is 9.83. The molecule has 3 rings (SSSR count). The van der Waals surface area contributed by atoms with Gasteiger partial charge in [0.05, 0.1) is 5.92 Å². The van der Waals surface area contributed by atoms with Gasteiger partial charge in [-0.3, -0.25) is 9.59 Å². The molecule has 1 heterocycles. The van der Waals surface area contributed by atoms with Crippen molar-refractivity contribution < 1.29 is 14.3 Å². The molecule has 23 heavy (non-hydrogen) atoms. The van der Waals surface area contributed by atoms with Crippen LogP contribution in [0.4, 0.5) is 0 Å². The summed E-state index contributed by atoms with van der Waals surface area (Å²) < 4.78 is 5.83. The third kappa shape index (κ3) is 2.82. The normalized spacial score (nSPS) is 20.3. The van der Waals surface area contributed by atoms with Crippen LogP contribution in [0.15, 0.2) is 72.0 Å². The molecule has 0 spiro atoms. The largest absolute Gasteiger partial charge is 0.485 e. The molecule has 2 aromatic rings. The summed E-state index contributed by atoms with van der Waals surface area (Å²) in [6.45, 7) is 3.28. The molecule has 0 aromatic heterocycles. The highest BCUT2D eigenvalue weighted by Crippen LogP contribution is 2.40. The smallest absolute Gasteiger partial charge is 0.204 e. The molecule has 0 radical (unpaired) electrons. The van der Waals surface area contributed by atoms with Gasteiger partial charge in [0.2, 0.25) is 5.78 Å². The number of hydrogen-bond acceptors (Lipinski definition) is 3. The first-order chi connectivity index (χ1) is 11.1. The summed E-state index contributed by atoms with van der Waals surface area (Å²) in [5.41, 5.74) is 2.10. The van der Waals surface area contributed by atoms with Gasteiger partial charge in [0.1, 0.15) is 5.76 Å². The molecule has 3 heteroatoms. The van der Waals surface area contributed by atoms with Crippen LogP contribution in [0.1, 0.15) is 35.7 Å². The number of hydrogen-bond donors (Lipinski definition) is 0. The quantitative estimate of drug-likeness (QED) is 0.804. The first-order valence-corrected chi connectivity index (χ1v) is 7.62. The molecule has 0 fully saturated rings. The van der Waals surface area contributed by atoms with E-state index in [2.05, 4.69) is 0 Å². The summed E-state index contributed by atoms with van der Waals surface area (Å²) in [6, 6.07) is 18.7. The number of rotatable bonds is 4. The van der Waals surface area contributed by atoms with Gasteiger partial charge in [0, 0.05) is 11.1 Å². The molecule has 1 aliphatic rings. The van der Waals surface area contributed by atoms with Gasteiger partial charge in [-0.2, -0.15) is 0 Å². The second-order valence-electron chi connectivity index (χ2n) is 5.68. The van der Waals surface area contributed by atoms with Crippen molar-refractivity contribution in [3.05, 3.63) is 83.1 Å². The molecule has 0 N–H and O–H groups in total. The molecule has 116 valence electrons. The lowest BCUT2D eigenvalue weighted by Crippen LogP contribution is -2.28. The van der Waals surface area contributed by atoms with Gasteiger partial charge in [-0.05, 0) is 19.4 Å². The Balaban J connectivity index is 2.04. The van der Waals surface area contributed by atoms with Crippen molar-refractivity contribution in [3.8, 4) is 0 Å². The van der Waals surface area contributed by atoms with Crippen molar-refractivity contribution in [2.45, 2.75) is 25.9 Å². The van der Waals surface area contributed by atoms with Gasteiger partial charge < -0.3 is 4.74 Å². The van der Waals surface area contributed by atoms with E-state index in [0.29, 0.717) is 16.9 Å². The molecule has 1 aliphatic heterocycles. The fourth-order valence-corrected chi connectivity index (χ4v) is 3.13. The topological polar surface area (TPSA) is 43.4 Å². The van der Waals surface area contributed by atoms with E-state index in [1.54, 1.807) is 19.1 Å². The third-order valence-corrected chi connectivity index (χ3v) is 4.15. The van der Waals surface area contributed by atoms with Crippen LogP contribution in [0.2, 0.25) is 0 Å². The summed E-state index contributed by atoms with van der Waals surface area (Å²) in [7, 11) is 0. The Morgan fingerprint density at radius 3 is 2.04 bits per heavy atom. The highest BCUT2D eigenvalue weighted by Gasteiger charge is 2.42. The fraction of sp³-hybridized carbons (Fsp3) is 0.200. The first kappa shape index (κ1) is 15.2. The van der Waals surface area contributed by atoms with Crippen LogP contribution in [0.25, 0.3) is 0 Å². The molecular formula is C20H18O3. The average Bonchev–Trinajstić information content (AvgIpc) is 2.93. The van der Waals surface area contributed by atoms with Crippen molar-refractivity contribution >= 4 is 11.6 Å². The monoisotopic (exact) mass is 306 g/mol. The van der Waals surface area contributed by atoms with E-state index in [9.17, 15) is 9.59 Å². The molecule has 2 atom stereocenters. The molecule has 0 aliphatic carbocycles. The second-order valence-corrected chi connectivity index (χ2v) is 5.68. The van der Waals surface area contributed by atoms with Crippen LogP contribution < -0.4 is 0 Å². The Morgan fingerprint density at radius 1 is 0.913 bits per heavy atom. The van der Waals surface area contributed by atoms with Crippen LogP contribution in [0, 0.1) is 0 Å². The Kier molecular flexibility index (Phi) is 4.11. The number of ether oxygens (including phenoxy) is 1. The number of carbonyl (C=O) groups excluding carboxylic acids is 2. The van der Waals surface area contributed by atoms with Gasteiger partial charge >= 0.3 is 0 Å². The zero-order valence-corrected chi connectivity index (χ0v) is 13.2. The number of carbonyl (C=O) groups is 2. The SMILES string of the molecule is CC(=O)C1=C(C)O[C@@H](C(=O)c2ccccc2)[C@@H]1c1ccccc1. The van der Waals surface area contributed by atoms with Crippen LogP contribution in [-0.4, -0.2) is 17.7 Å². The zero-order valence-electron chi connectivity index (χ0n) is 13.2. The number of benzene rings is 2. The maximum atomic E-state index is 12.9. The van der Waals surface area contributed by atoms with Crippen molar-refractivity contribution in [1.82, 2.24) is 0 Å².